The Kier molecular flexibility index (Phi) is 3.56. The molecule has 1 atom stereocenters. The molecular weight excluding hydrogens is 190 g/mol. The fourth-order valence-electron chi connectivity index (χ4n) is 2.12. The molecular formula is C9H16ClNO2. The number of nitrogens with one attached hydrogen (secondary N) is 1. The van der Waals surface area contributed by atoms with Gasteiger partial charge in [0.2, 0.25) is 0 Å². The minimum absolute atomic E-state index is 0.175. The molecule has 1 aliphatic carbocycles. The van der Waals surface area contributed by atoms with Crippen molar-refractivity contribution in [3.8, 4) is 0 Å². The van der Waals surface area contributed by atoms with Gasteiger partial charge in [0.1, 0.15) is 6.04 Å². The molecule has 1 rings (SSSR count). The maximum absolute atomic E-state index is 10.9. The van der Waals surface area contributed by atoms with E-state index >= 15 is 0 Å². The number of halogens is 1. The summed E-state index contributed by atoms with van der Waals surface area (Å²) in [5.41, 5.74) is -0.175. The Labute approximate surface area is 83.6 Å². The molecule has 76 valence electrons. The van der Waals surface area contributed by atoms with Gasteiger partial charge in [-0.15, -0.1) is 0 Å². The minimum Gasteiger partial charge on any atom is -0.480 e. The van der Waals surface area contributed by atoms with Gasteiger partial charge in [-0.25, -0.2) is 4.84 Å². The van der Waals surface area contributed by atoms with E-state index in [-0.39, 0.29) is 5.41 Å². The molecule has 0 radical (unpaired) electrons. The van der Waals surface area contributed by atoms with Gasteiger partial charge >= 0.3 is 5.97 Å². The Morgan fingerprint density at radius 2 is 2.00 bits per heavy atom. The average molecular weight is 206 g/mol. The SMILES string of the molecule is CC1([C@H](NCl)C(=O)O)CCCCC1. The van der Waals surface area contributed by atoms with E-state index in [1.165, 1.54) is 6.42 Å². The lowest BCUT2D eigenvalue weighted by atomic mass is 9.71. The van der Waals surface area contributed by atoms with Gasteiger partial charge in [0.15, 0.2) is 0 Å². The van der Waals surface area contributed by atoms with Crippen molar-refractivity contribution in [1.29, 1.82) is 0 Å². The molecule has 0 aromatic rings. The molecule has 1 aliphatic rings. The van der Waals surface area contributed by atoms with Gasteiger partial charge in [-0.05, 0) is 30.0 Å². The highest BCUT2D eigenvalue weighted by Crippen LogP contribution is 2.39. The molecule has 0 unspecified atom stereocenters. The topological polar surface area (TPSA) is 49.3 Å². The van der Waals surface area contributed by atoms with Gasteiger partial charge in [0, 0.05) is 0 Å². The zero-order chi connectivity index (χ0) is 9.90. The predicted molar refractivity (Wildman–Crippen MR) is 51.6 cm³/mol. The zero-order valence-corrected chi connectivity index (χ0v) is 8.60. The van der Waals surface area contributed by atoms with Crippen LogP contribution in [0.2, 0.25) is 0 Å². The number of carboxylic acid groups (broad SMARTS) is 1. The Balaban J connectivity index is 2.68. The normalized spacial score (nSPS) is 23.8. The lowest BCUT2D eigenvalue weighted by Gasteiger charge is -2.37. The van der Waals surface area contributed by atoms with Crippen LogP contribution in [0.5, 0.6) is 0 Å². The molecule has 0 heterocycles. The molecule has 0 aromatic heterocycles. The van der Waals surface area contributed by atoms with Crippen LogP contribution in [-0.4, -0.2) is 17.1 Å². The number of carbonyl (C=O) groups is 1. The molecule has 0 aliphatic heterocycles. The quantitative estimate of drug-likeness (QED) is 0.695. The van der Waals surface area contributed by atoms with Crippen LogP contribution in [0.3, 0.4) is 0 Å². The van der Waals surface area contributed by atoms with Gasteiger partial charge in [0.05, 0.1) is 0 Å². The first-order chi connectivity index (χ1) is 6.10. The van der Waals surface area contributed by atoms with Gasteiger partial charge < -0.3 is 5.11 Å². The molecule has 3 nitrogen and oxygen atoms in total. The Bertz CT molecular complexity index is 190. The Morgan fingerprint density at radius 3 is 2.38 bits per heavy atom. The number of hydrogen-bond acceptors (Lipinski definition) is 2. The molecule has 1 saturated carbocycles. The summed E-state index contributed by atoms with van der Waals surface area (Å²) in [5.74, 6) is -0.848. The van der Waals surface area contributed by atoms with Crippen molar-refractivity contribution < 1.29 is 9.90 Å². The second-order valence-corrected chi connectivity index (χ2v) is 4.31. The van der Waals surface area contributed by atoms with Crippen molar-refractivity contribution >= 4 is 17.7 Å². The van der Waals surface area contributed by atoms with Crippen LogP contribution < -0.4 is 4.84 Å². The third kappa shape index (κ3) is 2.35. The smallest absolute Gasteiger partial charge is 0.322 e. The van der Waals surface area contributed by atoms with E-state index in [4.69, 9.17) is 16.9 Å². The van der Waals surface area contributed by atoms with Gasteiger partial charge in [-0.2, -0.15) is 0 Å². The molecule has 0 amide bonds. The van der Waals surface area contributed by atoms with Gasteiger partial charge in [-0.3, -0.25) is 4.79 Å². The van der Waals surface area contributed by atoms with E-state index in [2.05, 4.69) is 4.84 Å². The van der Waals surface area contributed by atoms with Crippen LogP contribution in [0.1, 0.15) is 39.0 Å². The highest BCUT2D eigenvalue weighted by Gasteiger charge is 2.39. The predicted octanol–water partition coefficient (Wildman–Crippen LogP) is 2.15. The summed E-state index contributed by atoms with van der Waals surface area (Å²) in [7, 11) is 0. The van der Waals surface area contributed by atoms with Crippen LogP contribution in [-0.2, 0) is 4.79 Å². The lowest BCUT2D eigenvalue weighted by molar-refractivity contribution is -0.142. The second kappa shape index (κ2) is 4.29. The van der Waals surface area contributed by atoms with Gasteiger partial charge in [-0.1, -0.05) is 26.2 Å². The zero-order valence-electron chi connectivity index (χ0n) is 7.85. The number of aliphatic carboxylic acids is 1. The molecule has 0 spiro atoms. The van der Waals surface area contributed by atoms with Crippen LogP contribution in [0.15, 0.2) is 0 Å². The number of carboxylic acids is 1. The molecule has 0 saturated heterocycles. The molecule has 1 fully saturated rings. The second-order valence-electron chi connectivity index (χ2n) is 4.10. The molecule has 2 N–H and O–H groups in total. The summed E-state index contributed by atoms with van der Waals surface area (Å²) >= 11 is 5.45. The first kappa shape index (κ1) is 10.8. The van der Waals surface area contributed by atoms with E-state index in [1.54, 1.807) is 0 Å². The van der Waals surface area contributed by atoms with E-state index in [9.17, 15) is 4.79 Å². The fraction of sp³-hybridized carbons (Fsp3) is 0.889. The summed E-state index contributed by atoms with van der Waals surface area (Å²) in [5, 5.41) is 8.94. The fourth-order valence-corrected chi connectivity index (χ4v) is 2.48. The maximum atomic E-state index is 10.9. The summed E-state index contributed by atoms with van der Waals surface area (Å²) in [6.45, 7) is 2.00. The third-order valence-corrected chi connectivity index (χ3v) is 3.27. The molecule has 0 aromatic carbocycles. The number of rotatable bonds is 3. The molecule has 4 heteroatoms. The third-order valence-electron chi connectivity index (χ3n) is 3.05. The van der Waals surface area contributed by atoms with Crippen molar-refractivity contribution in [2.24, 2.45) is 5.41 Å². The first-order valence-corrected chi connectivity index (χ1v) is 5.07. The standard InChI is InChI=1S/C9H16ClNO2/c1-9(5-3-2-4-6-9)7(11-10)8(12)13/h7,11H,2-6H2,1H3,(H,12,13)/t7-/m1/s1. The van der Waals surface area contributed by atoms with Crippen LogP contribution >= 0.6 is 11.8 Å². The van der Waals surface area contributed by atoms with Crippen molar-refractivity contribution in [2.45, 2.75) is 45.1 Å². The largest absolute Gasteiger partial charge is 0.480 e. The van der Waals surface area contributed by atoms with E-state index in [0.717, 1.165) is 25.7 Å². The maximum Gasteiger partial charge on any atom is 0.322 e. The van der Waals surface area contributed by atoms with E-state index in [0.29, 0.717) is 0 Å². The highest BCUT2D eigenvalue weighted by molar-refractivity contribution is 6.14. The summed E-state index contributed by atoms with van der Waals surface area (Å²) in [6, 6.07) is -0.616. The number of hydrogen-bond donors (Lipinski definition) is 2. The van der Waals surface area contributed by atoms with E-state index in [1.807, 2.05) is 6.92 Å². The van der Waals surface area contributed by atoms with Crippen molar-refractivity contribution in [2.75, 3.05) is 0 Å². The Hall–Kier alpha value is -0.280. The van der Waals surface area contributed by atoms with Crippen LogP contribution in [0.4, 0.5) is 0 Å². The van der Waals surface area contributed by atoms with Crippen molar-refractivity contribution in [3.63, 3.8) is 0 Å². The Morgan fingerprint density at radius 1 is 1.46 bits per heavy atom. The van der Waals surface area contributed by atoms with Crippen molar-refractivity contribution in [3.05, 3.63) is 0 Å². The molecule has 13 heavy (non-hydrogen) atoms. The van der Waals surface area contributed by atoms with Gasteiger partial charge in [0.25, 0.3) is 0 Å². The van der Waals surface area contributed by atoms with Crippen LogP contribution in [0, 0.1) is 5.41 Å². The molecule has 0 bridgehead atoms. The summed E-state index contributed by atoms with van der Waals surface area (Å²) in [6.07, 6.45) is 5.33. The minimum atomic E-state index is -0.848. The average Bonchev–Trinajstić information content (AvgIpc) is 2.05. The lowest BCUT2D eigenvalue weighted by Crippen LogP contribution is -2.46. The monoisotopic (exact) mass is 205 g/mol. The van der Waals surface area contributed by atoms with Crippen molar-refractivity contribution in [1.82, 2.24) is 4.84 Å². The van der Waals surface area contributed by atoms with Crippen LogP contribution in [0.25, 0.3) is 0 Å². The highest BCUT2D eigenvalue weighted by atomic mass is 35.5. The van der Waals surface area contributed by atoms with E-state index < -0.39 is 12.0 Å². The first-order valence-electron chi connectivity index (χ1n) is 4.69. The summed E-state index contributed by atoms with van der Waals surface area (Å²) < 4.78 is 0. The summed E-state index contributed by atoms with van der Waals surface area (Å²) in [4.78, 5) is 13.3.